The molecule has 2 N–H and O–H groups in total. The first-order valence-corrected chi connectivity index (χ1v) is 6.51. The lowest BCUT2D eigenvalue weighted by molar-refractivity contribution is 0.153. The van der Waals surface area contributed by atoms with Gasteiger partial charge in [0.25, 0.3) is 5.56 Å². The maximum atomic E-state index is 11.6. The topological polar surface area (TPSA) is 75.1 Å². The van der Waals surface area contributed by atoms with Gasteiger partial charge in [0.2, 0.25) is 0 Å². The maximum Gasteiger partial charge on any atom is 0.328 e. The molecule has 0 fully saturated rings. The molecule has 1 aromatic heterocycles. The molecule has 106 valence electrons. The van der Waals surface area contributed by atoms with E-state index in [-0.39, 0.29) is 11.6 Å². The summed E-state index contributed by atoms with van der Waals surface area (Å²) in [7, 11) is 0. The Morgan fingerprint density at radius 3 is 2.75 bits per heavy atom. The van der Waals surface area contributed by atoms with Crippen molar-refractivity contribution in [1.82, 2.24) is 9.55 Å². The number of aromatic nitrogens is 2. The summed E-state index contributed by atoms with van der Waals surface area (Å²) in [6.45, 7) is 3.85. The highest BCUT2D eigenvalue weighted by Crippen LogP contribution is 2.20. The number of nitrogens with zero attached hydrogens (tertiary/aromatic N) is 1. The van der Waals surface area contributed by atoms with Crippen molar-refractivity contribution in [2.24, 2.45) is 0 Å². The summed E-state index contributed by atoms with van der Waals surface area (Å²) in [6.07, 6.45) is 0.381. The van der Waals surface area contributed by atoms with Crippen LogP contribution in [-0.4, -0.2) is 14.7 Å². The van der Waals surface area contributed by atoms with Crippen molar-refractivity contribution >= 4 is 11.6 Å². The number of aromatic amines is 1. The van der Waals surface area contributed by atoms with Gasteiger partial charge in [0, 0.05) is 6.20 Å². The van der Waals surface area contributed by atoms with Crippen LogP contribution in [0.4, 0.5) is 0 Å². The highest BCUT2D eigenvalue weighted by Gasteiger charge is 2.13. The van der Waals surface area contributed by atoms with Crippen molar-refractivity contribution in [2.75, 3.05) is 0 Å². The monoisotopic (exact) mass is 294 g/mol. The van der Waals surface area contributed by atoms with Gasteiger partial charge in [-0.2, -0.15) is 0 Å². The van der Waals surface area contributed by atoms with E-state index < -0.39 is 17.4 Å². The van der Waals surface area contributed by atoms with Crippen molar-refractivity contribution in [1.29, 1.82) is 0 Å². The molecule has 2 rings (SSSR count). The second-order valence-corrected chi connectivity index (χ2v) is 5.17. The number of H-pyrrole nitrogens is 1. The zero-order valence-corrected chi connectivity index (χ0v) is 11.9. The Balaban J connectivity index is 2.35. The normalized spacial score (nSPS) is 12.4. The summed E-state index contributed by atoms with van der Waals surface area (Å²) < 4.78 is 1.19. The minimum atomic E-state index is -0.852. The Morgan fingerprint density at radius 1 is 1.35 bits per heavy atom. The van der Waals surface area contributed by atoms with Gasteiger partial charge in [0.05, 0.1) is 12.6 Å². The van der Waals surface area contributed by atoms with Crippen molar-refractivity contribution in [3.05, 3.63) is 66.9 Å². The van der Waals surface area contributed by atoms with Crippen LogP contribution in [0.25, 0.3) is 0 Å². The first-order chi connectivity index (χ1) is 9.38. The summed E-state index contributed by atoms with van der Waals surface area (Å²) >= 11 is 5.69. The predicted octanol–water partition coefficient (Wildman–Crippen LogP) is 1.54. The molecular weight excluding hydrogens is 280 g/mol. The second kappa shape index (κ2) is 5.64. The van der Waals surface area contributed by atoms with Crippen LogP contribution in [0.5, 0.6) is 0 Å². The summed E-state index contributed by atoms with van der Waals surface area (Å²) in [4.78, 5) is 24.9. The Labute approximate surface area is 120 Å². The van der Waals surface area contributed by atoms with Crippen molar-refractivity contribution in [3.8, 4) is 0 Å². The number of halogens is 1. The molecule has 0 saturated carbocycles. The molecule has 0 unspecified atom stereocenters. The lowest BCUT2D eigenvalue weighted by Gasteiger charge is -2.15. The zero-order chi connectivity index (χ0) is 14.9. The van der Waals surface area contributed by atoms with Crippen LogP contribution in [0.15, 0.2) is 34.0 Å². The van der Waals surface area contributed by atoms with Gasteiger partial charge < -0.3 is 5.11 Å². The van der Waals surface area contributed by atoms with Crippen LogP contribution in [-0.2, 0) is 6.54 Å². The van der Waals surface area contributed by atoms with Gasteiger partial charge in [0.15, 0.2) is 0 Å². The third kappa shape index (κ3) is 3.00. The number of hydrogen-bond donors (Lipinski definition) is 2. The molecule has 1 heterocycles. The lowest BCUT2D eigenvalue weighted by atomic mass is 10.0. The van der Waals surface area contributed by atoms with E-state index in [0.717, 1.165) is 16.7 Å². The largest absolute Gasteiger partial charge is 0.387 e. The van der Waals surface area contributed by atoms with Crippen LogP contribution in [0, 0.1) is 13.8 Å². The smallest absolute Gasteiger partial charge is 0.328 e. The zero-order valence-electron chi connectivity index (χ0n) is 11.2. The molecule has 5 nitrogen and oxygen atoms in total. The van der Waals surface area contributed by atoms with Gasteiger partial charge in [-0.05, 0) is 25.0 Å². The third-order valence-corrected chi connectivity index (χ3v) is 3.40. The van der Waals surface area contributed by atoms with Crippen molar-refractivity contribution in [3.63, 3.8) is 0 Å². The molecule has 0 amide bonds. The Bertz CT molecular complexity index is 749. The quantitative estimate of drug-likeness (QED) is 0.901. The minimum absolute atomic E-state index is 0.0274. The fraction of sp³-hybridized carbons (Fsp3) is 0.286. The summed E-state index contributed by atoms with van der Waals surface area (Å²) in [5.41, 5.74) is 1.49. The van der Waals surface area contributed by atoms with E-state index in [9.17, 15) is 14.7 Å². The molecule has 6 heteroatoms. The molecule has 20 heavy (non-hydrogen) atoms. The van der Waals surface area contributed by atoms with Crippen LogP contribution in [0.2, 0.25) is 5.02 Å². The van der Waals surface area contributed by atoms with Crippen LogP contribution in [0.1, 0.15) is 22.8 Å². The molecule has 0 saturated heterocycles. The fourth-order valence-electron chi connectivity index (χ4n) is 2.02. The number of hydrogen-bond acceptors (Lipinski definition) is 3. The lowest BCUT2D eigenvalue weighted by Crippen LogP contribution is -2.31. The first kappa shape index (κ1) is 14.6. The van der Waals surface area contributed by atoms with Crippen molar-refractivity contribution in [2.45, 2.75) is 26.5 Å². The predicted molar refractivity (Wildman–Crippen MR) is 77.2 cm³/mol. The van der Waals surface area contributed by atoms with E-state index in [1.807, 2.05) is 32.0 Å². The molecule has 0 radical (unpaired) electrons. The molecule has 0 spiro atoms. The summed E-state index contributed by atoms with van der Waals surface area (Å²) in [5.74, 6) is 0. The number of benzene rings is 1. The van der Waals surface area contributed by atoms with Crippen molar-refractivity contribution < 1.29 is 5.11 Å². The van der Waals surface area contributed by atoms with E-state index in [4.69, 9.17) is 11.6 Å². The maximum absolute atomic E-state index is 11.6. The van der Waals surface area contributed by atoms with Gasteiger partial charge in [-0.1, -0.05) is 35.4 Å². The van der Waals surface area contributed by atoms with Crippen LogP contribution in [0.3, 0.4) is 0 Å². The Morgan fingerprint density at radius 2 is 2.05 bits per heavy atom. The molecule has 0 aliphatic heterocycles. The molecule has 0 aliphatic rings. The van der Waals surface area contributed by atoms with Gasteiger partial charge in [-0.25, -0.2) is 4.79 Å². The second-order valence-electron chi connectivity index (χ2n) is 4.76. The molecule has 0 aliphatic carbocycles. The average molecular weight is 295 g/mol. The SMILES string of the molecule is Cc1ccc(C)c([C@H](O)Cn2cc(Cl)c(=O)[nH]c2=O)c1. The van der Waals surface area contributed by atoms with Gasteiger partial charge >= 0.3 is 5.69 Å². The average Bonchev–Trinajstić information content (AvgIpc) is 2.38. The van der Waals surface area contributed by atoms with Gasteiger partial charge in [0.1, 0.15) is 5.02 Å². The van der Waals surface area contributed by atoms with E-state index in [1.54, 1.807) is 0 Å². The van der Waals surface area contributed by atoms with Gasteiger partial charge in [-0.3, -0.25) is 14.3 Å². The number of aryl methyl sites for hydroxylation is 2. The van der Waals surface area contributed by atoms with E-state index >= 15 is 0 Å². The molecule has 1 atom stereocenters. The minimum Gasteiger partial charge on any atom is -0.387 e. The third-order valence-electron chi connectivity index (χ3n) is 3.13. The fourth-order valence-corrected chi connectivity index (χ4v) is 2.19. The van der Waals surface area contributed by atoms with Gasteiger partial charge in [-0.15, -0.1) is 0 Å². The van der Waals surface area contributed by atoms with E-state index in [2.05, 4.69) is 4.98 Å². The Hall–Kier alpha value is -1.85. The highest BCUT2D eigenvalue weighted by molar-refractivity contribution is 6.30. The molecule has 2 aromatic rings. The highest BCUT2D eigenvalue weighted by atomic mass is 35.5. The Kier molecular flexibility index (Phi) is 4.11. The molecular formula is C14H15ClN2O3. The summed E-state index contributed by atoms with van der Waals surface area (Å²) in [6, 6.07) is 5.74. The first-order valence-electron chi connectivity index (χ1n) is 6.13. The van der Waals surface area contributed by atoms with E-state index in [1.165, 1.54) is 10.8 Å². The standard InChI is InChI=1S/C14H15ClN2O3/c1-8-3-4-9(2)10(5-8)12(18)7-17-6-11(15)13(19)16-14(17)20/h3-6,12,18H,7H2,1-2H3,(H,16,19,20)/t12-/m1/s1. The van der Waals surface area contributed by atoms with Crippen LogP contribution < -0.4 is 11.2 Å². The number of aliphatic hydroxyl groups excluding tert-OH is 1. The number of rotatable bonds is 3. The summed E-state index contributed by atoms with van der Waals surface area (Å²) in [5, 5.41) is 10.2. The molecule has 0 bridgehead atoms. The van der Waals surface area contributed by atoms with E-state index in [0.29, 0.717) is 0 Å². The number of aliphatic hydroxyl groups is 1. The molecule has 1 aromatic carbocycles. The van der Waals surface area contributed by atoms with Crippen LogP contribution >= 0.6 is 11.6 Å². The number of nitrogens with one attached hydrogen (secondary N) is 1.